The molecule has 1 fully saturated rings. The minimum Gasteiger partial charge on any atom is -0.374 e. The summed E-state index contributed by atoms with van der Waals surface area (Å²) in [6.45, 7) is 4.23. The van der Waals surface area contributed by atoms with Crippen LogP contribution in [0.5, 0.6) is 0 Å². The van der Waals surface area contributed by atoms with E-state index in [1.807, 2.05) is 0 Å². The van der Waals surface area contributed by atoms with E-state index in [-0.39, 0.29) is 5.92 Å². The molecule has 0 radical (unpaired) electrons. The van der Waals surface area contributed by atoms with Crippen molar-refractivity contribution in [3.63, 3.8) is 0 Å². The second-order valence-corrected chi connectivity index (χ2v) is 8.49. The molecule has 2 aromatic carbocycles. The number of carbonyl (C=O) groups is 1. The number of carbonyl (C=O) groups excluding carboxylic acids is 1. The van der Waals surface area contributed by atoms with Crippen molar-refractivity contribution >= 4 is 11.5 Å². The third-order valence-corrected chi connectivity index (χ3v) is 6.45. The molecule has 0 spiro atoms. The van der Waals surface area contributed by atoms with Crippen LogP contribution in [0.4, 0.5) is 5.69 Å². The summed E-state index contributed by atoms with van der Waals surface area (Å²) < 4.78 is 0. The quantitative estimate of drug-likeness (QED) is 0.742. The van der Waals surface area contributed by atoms with Crippen molar-refractivity contribution in [2.75, 3.05) is 31.6 Å². The second kappa shape index (κ2) is 8.91. The van der Waals surface area contributed by atoms with E-state index in [0.717, 1.165) is 45.4 Å². The first-order valence-corrected chi connectivity index (χ1v) is 10.8. The fourth-order valence-electron chi connectivity index (χ4n) is 4.72. The summed E-state index contributed by atoms with van der Waals surface area (Å²) in [6.07, 6.45) is 6.01. The molecular formula is C25H32N2O. The van der Waals surface area contributed by atoms with E-state index >= 15 is 0 Å². The predicted molar refractivity (Wildman–Crippen MR) is 116 cm³/mol. The van der Waals surface area contributed by atoms with Crippen LogP contribution in [0.25, 0.3) is 0 Å². The van der Waals surface area contributed by atoms with Crippen molar-refractivity contribution in [1.29, 1.82) is 0 Å². The maximum absolute atomic E-state index is 12.8. The molecule has 0 saturated carbocycles. The standard InChI is InChI=1S/C25H32N2O/c1-26-15-5-8-23-18-20(9-11-24(23)26)10-12-25(28)22-13-16-27(17-14-22)19-21-6-3-2-4-7-21/h2-4,6-7,9,11,18,22H,5,8,10,12-17,19H2,1H3. The third-order valence-electron chi connectivity index (χ3n) is 6.45. The Hall–Kier alpha value is -2.13. The summed E-state index contributed by atoms with van der Waals surface area (Å²) in [5, 5.41) is 0. The van der Waals surface area contributed by atoms with Gasteiger partial charge in [0.05, 0.1) is 0 Å². The first kappa shape index (κ1) is 19.2. The number of rotatable bonds is 6. The second-order valence-electron chi connectivity index (χ2n) is 8.49. The van der Waals surface area contributed by atoms with Gasteiger partial charge in [-0.2, -0.15) is 0 Å². The van der Waals surface area contributed by atoms with Gasteiger partial charge in [-0.1, -0.05) is 42.5 Å². The number of hydrogen-bond acceptors (Lipinski definition) is 3. The van der Waals surface area contributed by atoms with Crippen LogP contribution in [-0.4, -0.2) is 37.4 Å². The normalized spacial score (nSPS) is 18.1. The molecule has 0 unspecified atom stereocenters. The van der Waals surface area contributed by atoms with Crippen LogP contribution in [-0.2, 0) is 24.2 Å². The third kappa shape index (κ3) is 4.64. The number of likely N-dealkylation sites (tertiary alicyclic amines) is 1. The number of hydrogen-bond donors (Lipinski definition) is 0. The highest BCUT2D eigenvalue weighted by atomic mass is 16.1. The Kier molecular flexibility index (Phi) is 6.11. The molecule has 0 amide bonds. The summed E-state index contributed by atoms with van der Waals surface area (Å²) in [7, 11) is 2.17. The van der Waals surface area contributed by atoms with Gasteiger partial charge < -0.3 is 4.90 Å². The molecule has 28 heavy (non-hydrogen) atoms. The molecule has 3 nitrogen and oxygen atoms in total. The smallest absolute Gasteiger partial charge is 0.136 e. The van der Waals surface area contributed by atoms with Crippen LogP contribution >= 0.6 is 0 Å². The number of Topliss-reactive ketones (excluding diaryl/α,β-unsaturated/α-hetero) is 1. The van der Waals surface area contributed by atoms with Crippen LogP contribution in [0.1, 0.15) is 42.4 Å². The minimum absolute atomic E-state index is 0.260. The van der Waals surface area contributed by atoms with Crippen LogP contribution < -0.4 is 4.90 Å². The molecule has 2 heterocycles. The van der Waals surface area contributed by atoms with E-state index in [0.29, 0.717) is 12.2 Å². The number of benzene rings is 2. The Labute approximate surface area is 169 Å². The minimum atomic E-state index is 0.260. The first-order chi connectivity index (χ1) is 13.7. The largest absolute Gasteiger partial charge is 0.374 e. The maximum atomic E-state index is 12.8. The first-order valence-electron chi connectivity index (χ1n) is 10.8. The van der Waals surface area contributed by atoms with E-state index in [9.17, 15) is 4.79 Å². The number of anilines is 1. The molecule has 0 aliphatic carbocycles. The Balaban J connectivity index is 1.25. The fraction of sp³-hybridized carbons (Fsp3) is 0.480. The number of fused-ring (bicyclic) bond motifs is 1. The molecule has 0 bridgehead atoms. The summed E-state index contributed by atoms with van der Waals surface area (Å²) in [4.78, 5) is 17.6. The van der Waals surface area contributed by atoms with Gasteiger partial charge in [-0.05, 0) is 68.0 Å². The Morgan fingerprint density at radius 3 is 2.57 bits per heavy atom. The molecule has 3 heteroatoms. The van der Waals surface area contributed by atoms with Gasteiger partial charge in [0.1, 0.15) is 5.78 Å². The van der Waals surface area contributed by atoms with Crippen molar-refractivity contribution in [3.05, 3.63) is 65.2 Å². The molecule has 4 rings (SSSR count). The van der Waals surface area contributed by atoms with Crippen molar-refractivity contribution in [1.82, 2.24) is 4.90 Å². The number of aryl methyl sites for hydroxylation is 2. The average molecular weight is 377 g/mol. The van der Waals surface area contributed by atoms with Crippen LogP contribution in [0.3, 0.4) is 0 Å². The van der Waals surface area contributed by atoms with Crippen molar-refractivity contribution in [2.45, 2.75) is 45.1 Å². The molecule has 2 aromatic rings. The van der Waals surface area contributed by atoms with Crippen molar-refractivity contribution in [2.24, 2.45) is 5.92 Å². The van der Waals surface area contributed by atoms with Crippen LogP contribution in [0.15, 0.2) is 48.5 Å². The molecule has 2 aliphatic rings. The highest BCUT2D eigenvalue weighted by molar-refractivity contribution is 5.81. The number of piperidine rings is 1. The van der Waals surface area contributed by atoms with Gasteiger partial charge in [0, 0.05) is 38.2 Å². The van der Waals surface area contributed by atoms with Gasteiger partial charge in [-0.25, -0.2) is 0 Å². The van der Waals surface area contributed by atoms with Gasteiger partial charge in [-0.15, -0.1) is 0 Å². The Morgan fingerprint density at radius 1 is 1.00 bits per heavy atom. The molecular weight excluding hydrogens is 344 g/mol. The summed E-state index contributed by atoms with van der Waals surface area (Å²) >= 11 is 0. The number of nitrogens with zero attached hydrogens (tertiary/aromatic N) is 2. The van der Waals surface area contributed by atoms with E-state index in [1.165, 1.54) is 35.2 Å². The zero-order chi connectivity index (χ0) is 19.3. The Morgan fingerprint density at radius 2 is 1.79 bits per heavy atom. The molecule has 0 N–H and O–H groups in total. The van der Waals surface area contributed by atoms with Crippen molar-refractivity contribution < 1.29 is 4.79 Å². The van der Waals surface area contributed by atoms with E-state index in [1.54, 1.807) is 0 Å². The lowest BCUT2D eigenvalue weighted by molar-refractivity contribution is -0.124. The summed E-state index contributed by atoms with van der Waals surface area (Å²) in [5.74, 6) is 0.727. The SMILES string of the molecule is CN1CCCc2cc(CCC(=O)C3CCN(Cc4ccccc4)CC3)ccc21. The molecule has 2 aliphatic heterocycles. The monoisotopic (exact) mass is 376 g/mol. The van der Waals surface area contributed by atoms with E-state index in [2.05, 4.69) is 65.4 Å². The molecule has 148 valence electrons. The zero-order valence-corrected chi connectivity index (χ0v) is 17.1. The lowest BCUT2D eigenvalue weighted by atomic mass is 9.89. The van der Waals surface area contributed by atoms with E-state index in [4.69, 9.17) is 0 Å². The molecule has 0 atom stereocenters. The average Bonchev–Trinajstić information content (AvgIpc) is 2.73. The van der Waals surface area contributed by atoms with Gasteiger partial charge in [-0.3, -0.25) is 9.69 Å². The number of ketones is 1. The van der Waals surface area contributed by atoms with Gasteiger partial charge in [0.25, 0.3) is 0 Å². The topological polar surface area (TPSA) is 23.6 Å². The summed E-state index contributed by atoms with van der Waals surface area (Å²) in [6, 6.07) is 17.4. The lowest BCUT2D eigenvalue weighted by Crippen LogP contribution is -2.36. The molecule has 1 saturated heterocycles. The highest BCUT2D eigenvalue weighted by Crippen LogP contribution is 2.28. The van der Waals surface area contributed by atoms with Crippen LogP contribution in [0.2, 0.25) is 0 Å². The zero-order valence-electron chi connectivity index (χ0n) is 17.1. The summed E-state index contributed by atoms with van der Waals surface area (Å²) in [5.41, 5.74) is 5.51. The van der Waals surface area contributed by atoms with E-state index < -0.39 is 0 Å². The van der Waals surface area contributed by atoms with Crippen LogP contribution in [0, 0.1) is 5.92 Å². The van der Waals surface area contributed by atoms with Crippen molar-refractivity contribution in [3.8, 4) is 0 Å². The maximum Gasteiger partial charge on any atom is 0.136 e. The van der Waals surface area contributed by atoms with Gasteiger partial charge >= 0.3 is 0 Å². The lowest BCUT2D eigenvalue weighted by Gasteiger charge is -2.31. The Bertz CT molecular complexity index is 793. The fourth-order valence-corrected chi connectivity index (χ4v) is 4.72. The van der Waals surface area contributed by atoms with Gasteiger partial charge in [0.15, 0.2) is 0 Å². The highest BCUT2D eigenvalue weighted by Gasteiger charge is 2.24. The molecule has 0 aromatic heterocycles. The van der Waals surface area contributed by atoms with Gasteiger partial charge in [0.2, 0.25) is 0 Å². The predicted octanol–water partition coefficient (Wildman–Crippen LogP) is 4.48.